The van der Waals surface area contributed by atoms with E-state index in [1.165, 1.54) is 38.5 Å². The first kappa shape index (κ1) is 8.55. The molecule has 1 heteroatoms. The van der Waals surface area contributed by atoms with Crippen molar-refractivity contribution in [3.63, 3.8) is 0 Å². The Labute approximate surface area is 75.7 Å². The molecule has 0 heterocycles. The molecule has 2 N–H and O–H groups in total. The molecule has 0 radical (unpaired) electrons. The first-order valence-electron chi connectivity index (χ1n) is 5.51. The van der Waals surface area contributed by atoms with E-state index in [0.717, 1.165) is 17.8 Å². The lowest BCUT2D eigenvalue weighted by molar-refractivity contribution is 0.0668. The van der Waals surface area contributed by atoms with Gasteiger partial charge in [0, 0.05) is 6.04 Å². The fraction of sp³-hybridized carbons (Fsp3) is 1.00. The largest absolute Gasteiger partial charge is 0.328 e. The van der Waals surface area contributed by atoms with Crippen molar-refractivity contribution in [2.45, 2.75) is 51.5 Å². The SMILES string of the molecule is CC(N)CC1CC(C2CCC2)C1. The highest BCUT2D eigenvalue weighted by Gasteiger charge is 2.37. The molecule has 2 fully saturated rings. The summed E-state index contributed by atoms with van der Waals surface area (Å²) in [6, 6.07) is 0.428. The molecule has 1 atom stereocenters. The molecule has 0 aromatic rings. The van der Waals surface area contributed by atoms with Gasteiger partial charge in [0.2, 0.25) is 0 Å². The Morgan fingerprint density at radius 2 is 1.92 bits per heavy atom. The smallest absolute Gasteiger partial charge is 0.00131 e. The van der Waals surface area contributed by atoms with Crippen LogP contribution in [0.5, 0.6) is 0 Å². The van der Waals surface area contributed by atoms with Crippen LogP contribution in [0.25, 0.3) is 0 Å². The molecule has 12 heavy (non-hydrogen) atoms. The molecule has 0 amide bonds. The van der Waals surface area contributed by atoms with Gasteiger partial charge < -0.3 is 5.73 Å². The highest BCUT2D eigenvalue weighted by molar-refractivity contribution is 4.88. The molecular formula is C11H21N. The highest BCUT2D eigenvalue weighted by Crippen LogP contribution is 2.47. The van der Waals surface area contributed by atoms with E-state index in [1.807, 2.05) is 0 Å². The third-order valence-electron chi connectivity index (χ3n) is 3.79. The van der Waals surface area contributed by atoms with Crippen LogP contribution in [0.1, 0.15) is 45.4 Å². The van der Waals surface area contributed by atoms with Crippen LogP contribution in [-0.4, -0.2) is 6.04 Å². The Balaban J connectivity index is 1.63. The zero-order valence-electron chi connectivity index (χ0n) is 8.13. The lowest BCUT2D eigenvalue weighted by atomic mass is 9.61. The summed E-state index contributed by atoms with van der Waals surface area (Å²) in [6.45, 7) is 2.14. The molecule has 1 unspecified atom stereocenters. The van der Waals surface area contributed by atoms with Crippen molar-refractivity contribution in [3.8, 4) is 0 Å². The van der Waals surface area contributed by atoms with Gasteiger partial charge >= 0.3 is 0 Å². The Kier molecular flexibility index (Phi) is 2.40. The van der Waals surface area contributed by atoms with Crippen molar-refractivity contribution < 1.29 is 0 Å². The molecule has 2 aliphatic rings. The Morgan fingerprint density at radius 3 is 2.33 bits per heavy atom. The minimum atomic E-state index is 0.428. The number of hydrogen-bond acceptors (Lipinski definition) is 1. The van der Waals surface area contributed by atoms with Crippen molar-refractivity contribution in [2.24, 2.45) is 23.5 Å². The summed E-state index contributed by atoms with van der Waals surface area (Å²) in [6.07, 6.45) is 8.80. The van der Waals surface area contributed by atoms with Crippen LogP contribution < -0.4 is 5.73 Å². The molecule has 1 nitrogen and oxygen atoms in total. The fourth-order valence-corrected chi connectivity index (χ4v) is 2.80. The molecule has 0 aromatic carbocycles. The van der Waals surface area contributed by atoms with E-state index in [1.54, 1.807) is 0 Å². The minimum absolute atomic E-state index is 0.428. The summed E-state index contributed by atoms with van der Waals surface area (Å²) in [5.74, 6) is 3.20. The van der Waals surface area contributed by atoms with Crippen LogP contribution in [0.4, 0.5) is 0 Å². The second-order valence-corrected chi connectivity index (χ2v) is 5.00. The first-order valence-corrected chi connectivity index (χ1v) is 5.51. The molecule has 0 aromatic heterocycles. The van der Waals surface area contributed by atoms with Crippen LogP contribution in [0.15, 0.2) is 0 Å². The van der Waals surface area contributed by atoms with Gasteiger partial charge in [-0.05, 0) is 43.9 Å². The minimum Gasteiger partial charge on any atom is -0.328 e. The van der Waals surface area contributed by atoms with Gasteiger partial charge in [0.25, 0.3) is 0 Å². The standard InChI is InChI=1S/C11H21N/c1-8(12)5-9-6-11(7-9)10-3-2-4-10/h8-11H,2-7,12H2,1H3. The molecule has 0 bridgehead atoms. The lowest BCUT2D eigenvalue weighted by Crippen LogP contribution is -2.36. The molecule has 0 aliphatic heterocycles. The predicted octanol–water partition coefficient (Wildman–Crippen LogP) is 2.55. The van der Waals surface area contributed by atoms with E-state index in [0.29, 0.717) is 6.04 Å². The van der Waals surface area contributed by atoms with E-state index in [2.05, 4.69) is 6.92 Å². The summed E-state index contributed by atoms with van der Waals surface area (Å²) < 4.78 is 0. The Morgan fingerprint density at radius 1 is 1.25 bits per heavy atom. The van der Waals surface area contributed by atoms with Gasteiger partial charge in [0.05, 0.1) is 0 Å². The van der Waals surface area contributed by atoms with Crippen LogP contribution >= 0.6 is 0 Å². The average molecular weight is 167 g/mol. The molecule has 70 valence electrons. The van der Waals surface area contributed by atoms with E-state index in [9.17, 15) is 0 Å². The van der Waals surface area contributed by atoms with Gasteiger partial charge in [0.15, 0.2) is 0 Å². The summed E-state index contributed by atoms with van der Waals surface area (Å²) in [7, 11) is 0. The Bertz CT molecular complexity index is 143. The molecule has 0 saturated heterocycles. The maximum Gasteiger partial charge on any atom is 0.00131 e. The van der Waals surface area contributed by atoms with E-state index in [-0.39, 0.29) is 0 Å². The zero-order valence-corrected chi connectivity index (χ0v) is 8.13. The molecule has 2 saturated carbocycles. The molecule has 2 rings (SSSR count). The Hall–Kier alpha value is -0.0400. The topological polar surface area (TPSA) is 26.0 Å². The van der Waals surface area contributed by atoms with Crippen molar-refractivity contribution in [1.29, 1.82) is 0 Å². The summed E-state index contributed by atoms with van der Waals surface area (Å²) >= 11 is 0. The van der Waals surface area contributed by atoms with Gasteiger partial charge in [-0.25, -0.2) is 0 Å². The van der Waals surface area contributed by atoms with Gasteiger partial charge in [-0.15, -0.1) is 0 Å². The lowest BCUT2D eigenvalue weighted by Gasteiger charge is -2.45. The van der Waals surface area contributed by atoms with Gasteiger partial charge in [-0.3, -0.25) is 0 Å². The normalized spacial score (nSPS) is 38.5. The van der Waals surface area contributed by atoms with Crippen molar-refractivity contribution in [1.82, 2.24) is 0 Å². The van der Waals surface area contributed by atoms with Crippen molar-refractivity contribution in [3.05, 3.63) is 0 Å². The summed E-state index contributed by atoms with van der Waals surface area (Å²) in [5, 5.41) is 0. The van der Waals surface area contributed by atoms with Gasteiger partial charge in [0.1, 0.15) is 0 Å². The predicted molar refractivity (Wildman–Crippen MR) is 51.8 cm³/mol. The molecule has 0 spiro atoms. The van der Waals surface area contributed by atoms with E-state index in [4.69, 9.17) is 5.73 Å². The molecule has 2 aliphatic carbocycles. The maximum atomic E-state index is 5.77. The van der Waals surface area contributed by atoms with E-state index >= 15 is 0 Å². The monoisotopic (exact) mass is 167 g/mol. The van der Waals surface area contributed by atoms with Crippen LogP contribution in [0.2, 0.25) is 0 Å². The van der Waals surface area contributed by atoms with Crippen LogP contribution in [-0.2, 0) is 0 Å². The second-order valence-electron chi connectivity index (χ2n) is 5.00. The fourth-order valence-electron chi connectivity index (χ4n) is 2.80. The third kappa shape index (κ3) is 1.66. The maximum absolute atomic E-state index is 5.77. The first-order chi connectivity index (χ1) is 5.75. The number of rotatable bonds is 3. The van der Waals surface area contributed by atoms with Crippen molar-refractivity contribution in [2.75, 3.05) is 0 Å². The zero-order chi connectivity index (χ0) is 8.55. The van der Waals surface area contributed by atoms with E-state index < -0.39 is 0 Å². The average Bonchev–Trinajstić information content (AvgIpc) is 1.77. The van der Waals surface area contributed by atoms with Gasteiger partial charge in [-0.1, -0.05) is 19.3 Å². The number of nitrogens with two attached hydrogens (primary N) is 1. The number of hydrogen-bond donors (Lipinski definition) is 1. The summed E-state index contributed by atoms with van der Waals surface area (Å²) in [4.78, 5) is 0. The molecular weight excluding hydrogens is 146 g/mol. The van der Waals surface area contributed by atoms with Crippen molar-refractivity contribution >= 4 is 0 Å². The third-order valence-corrected chi connectivity index (χ3v) is 3.79. The second kappa shape index (κ2) is 3.37. The van der Waals surface area contributed by atoms with Gasteiger partial charge in [-0.2, -0.15) is 0 Å². The van der Waals surface area contributed by atoms with Crippen LogP contribution in [0, 0.1) is 17.8 Å². The van der Waals surface area contributed by atoms with Crippen LogP contribution in [0.3, 0.4) is 0 Å². The highest BCUT2D eigenvalue weighted by atomic mass is 14.6. The summed E-state index contributed by atoms with van der Waals surface area (Å²) in [5.41, 5.74) is 5.77. The quantitative estimate of drug-likeness (QED) is 0.687.